The van der Waals surface area contributed by atoms with Crippen LogP contribution in [0.1, 0.15) is 21.5 Å². The summed E-state index contributed by atoms with van der Waals surface area (Å²) < 4.78 is 25.7. The lowest BCUT2D eigenvalue weighted by Crippen LogP contribution is -2.36. The molecule has 1 aliphatic heterocycles. The molecule has 5 nitrogen and oxygen atoms in total. The summed E-state index contributed by atoms with van der Waals surface area (Å²) in [6.07, 6.45) is 0. The lowest BCUT2D eigenvalue weighted by Gasteiger charge is -2.29. The molecule has 1 heterocycles. The van der Waals surface area contributed by atoms with Gasteiger partial charge in [-0.1, -0.05) is 35.9 Å². The van der Waals surface area contributed by atoms with E-state index < -0.39 is 0 Å². The van der Waals surface area contributed by atoms with E-state index in [1.54, 1.807) is 30.3 Å². The smallest absolute Gasteiger partial charge is 0.255 e. The minimum Gasteiger partial charge on any atom is -0.489 e. The van der Waals surface area contributed by atoms with Crippen molar-refractivity contribution in [3.63, 3.8) is 0 Å². The molecule has 0 aromatic heterocycles. The third kappa shape index (κ3) is 5.41. The van der Waals surface area contributed by atoms with Crippen molar-refractivity contribution >= 4 is 17.3 Å². The molecule has 4 rings (SSSR count). The summed E-state index contributed by atoms with van der Waals surface area (Å²) in [5.41, 5.74) is 3.60. The zero-order chi connectivity index (χ0) is 21.6. The summed E-state index contributed by atoms with van der Waals surface area (Å²) in [6.45, 7) is 4.92. The molecular weight excluding hydrogens is 395 g/mol. The fourth-order valence-electron chi connectivity index (χ4n) is 3.54. The van der Waals surface area contributed by atoms with Crippen LogP contribution in [-0.2, 0) is 11.3 Å². The van der Waals surface area contributed by atoms with Crippen LogP contribution in [0, 0.1) is 12.7 Å². The molecule has 3 aromatic carbocycles. The maximum Gasteiger partial charge on any atom is 0.255 e. The zero-order valence-electron chi connectivity index (χ0n) is 17.4. The first-order valence-corrected chi connectivity index (χ1v) is 10.3. The number of halogens is 1. The Balaban J connectivity index is 1.40. The lowest BCUT2D eigenvalue weighted by molar-refractivity contribution is 0.102. The number of nitrogens with zero attached hydrogens (tertiary/aromatic N) is 1. The van der Waals surface area contributed by atoms with Crippen LogP contribution < -0.4 is 15.0 Å². The van der Waals surface area contributed by atoms with Crippen LogP contribution in [0.4, 0.5) is 15.8 Å². The number of morpholine rings is 1. The highest BCUT2D eigenvalue weighted by Gasteiger charge is 2.16. The van der Waals surface area contributed by atoms with Gasteiger partial charge in [0, 0.05) is 24.3 Å². The summed E-state index contributed by atoms with van der Waals surface area (Å²) in [6, 6.07) is 19.8. The normalized spacial score (nSPS) is 13.7. The van der Waals surface area contributed by atoms with Gasteiger partial charge in [0.25, 0.3) is 5.91 Å². The molecule has 1 amide bonds. The highest BCUT2D eigenvalue weighted by molar-refractivity contribution is 6.04. The van der Waals surface area contributed by atoms with Crippen molar-refractivity contribution in [2.45, 2.75) is 13.5 Å². The summed E-state index contributed by atoms with van der Waals surface area (Å²) in [5, 5.41) is 2.76. The Morgan fingerprint density at radius 3 is 2.65 bits per heavy atom. The quantitative estimate of drug-likeness (QED) is 0.622. The molecule has 1 fully saturated rings. The molecule has 0 unspecified atom stereocenters. The SMILES string of the molecule is Cc1cccc(COc2cccc(C(=O)Nc3ccc(N4CCOCC4)c(F)c3)c2)c1. The van der Waals surface area contributed by atoms with Crippen molar-refractivity contribution < 1.29 is 18.7 Å². The average Bonchev–Trinajstić information content (AvgIpc) is 2.79. The average molecular weight is 420 g/mol. The van der Waals surface area contributed by atoms with Crippen molar-refractivity contribution in [1.29, 1.82) is 0 Å². The molecule has 6 heteroatoms. The molecule has 1 aliphatic rings. The Bertz CT molecular complexity index is 1060. The number of aryl methyl sites for hydroxylation is 1. The maximum atomic E-state index is 14.6. The Morgan fingerprint density at radius 2 is 1.87 bits per heavy atom. The van der Waals surface area contributed by atoms with Gasteiger partial charge < -0.3 is 19.7 Å². The van der Waals surface area contributed by atoms with Gasteiger partial charge in [0.05, 0.1) is 18.9 Å². The second-order valence-corrected chi connectivity index (χ2v) is 7.53. The summed E-state index contributed by atoms with van der Waals surface area (Å²) >= 11 is 0. The van der Waals surface area contributed by atoms with Gasteiger partial charge in [-0.25, -0.2) is 4.39 Å². The standard InChI is InChI=1S/C25H25FN2O3/c1-18-4-2-5-19(14-18)17-31-22-7-3-6-20(15-22)25(29)27-21-8-9-24(23(26)16-21)28-10-12-30-13-11-28/h2-9,14-16H,10-13,17H2,1H3,(H,27,29). The van der Waals surface area contributed by atoms with Crippen molar-refractivity contribution in [2.75, 3.05) is 36.5 Å². The van der Waals surface area contributed by atoms with Crippen LogP contribution in [0.25, 0.3) is 0 Å². The first kappa shape index (κ1) is 20.9. The second-order valence-electron chi connectivity index (χ2n) is 7.53. The Morgan fingerprint density at radius 1 is 1.06 bits per heavy atom. The monoisotopic (exact) mass is 420 g/mol. The van der Waals surface area contributed by atoms with E-state index in [1.807, 2.05) is 36.1 Å². The molecule has 0 saturated carbocycles. The third-order valence-electron chi connectivity index (χ3n) is 5.14. The van der Waals surface area contributed by atoms with Crippen LogP contribution in [0.2, 0.25) is 0 Å². The second kappa shape index (κ2) is 9.62. The summed E-state index contributed by atoms with van der Waals surface area (Å²) in [5.74, 6) is -0.0857. The third-order valence-corrected chi connectivity index (χ3v) is 5.14. The number of carbonyl (C=O) groups excluding carboxylic acids is 1. The van der Waals surface area contributed by atoms with Crippen LogP contribution in [0.3, 0.4) is 0 Å². The number of carbonyl (C=O) groups is 1. The molecule has 0 atom stereocenters. The Hall–Kier alpha value is -3.38. The van der Waals surface area contributed by atoms with Crippen LogP contribution in [0.15, 0.2) is 66.7 Å². The van der Waals surface area contributed by atoms with Crippen LogP contribution >= 0.6 is 0 Å². The number of amides is 1. The van der Waals surface area contributed by atoms with E-state index >= 15 is 0 Å². The van der Waals surface area contributed by atoms with Crippen molar-refractivity contribution in [2.24, 2.45) is 0 Å². The minimum absolute atomic E-state index is 0.320. The van der Waals surface area contributed by atoms with E-state index in [0.717, 1.165) is 5.56 Å². The van der Waals surface area contributed by atoms with Gasteiger partial charge in [0.2, 0.25) is 0 Å². The molecule has 0 bridgehead atoms. The molecule has 1 N–H and O–H groups in total. The molecule has 1 saturated heterocycles. The minimum atomic E-state index is -0.366. The Kier molecular flexibility index (Phi) is 6.48. The highest BCUT2D eigenvalue weighted by atomic mass is 19.1. The van der Waals surface area contributed by atoms with E-state index in [9.17, 15) is 9.18 Å². The highest BCUT2D eigenvalue weighted by Crippen LogP contribution is 2.24. The topological polar surface area (TPSA) is 50.8 Å². The fraction of sp³-hybridized carbons (Fsp3) is 0.240. The van der Waals surface area contributed by atoms with E-state index in [0.29, 0.717) is 55.6 Å². The number of hydrogen-bond donors (Lipinski definition) is 1. The van der Waals surface area contributed by atoms with Gasteiger partial charge >= 0.3 is 0 Å². The first-order valence-electron chi connectivity index (χ1n) is 10.3. The summed E-state index contributed by atoms with van der Waals surface area (Å²) in [7, 11) is 0. The van der Waals surface area contributed by atoms with E-state index in [-0.39, 0.29) is 11.7 Å². The number of ether oxygens (including phenoxy) is 2. The van der Waals surface area contributed by atoms with Gasteiger partial charge in [-0.2, -0.15) is 0 Å². The van der Waals surface area contributed by atoms with Crippen molar-refractivity contribution in [1.82, 2.24) is 0 Å². The molecule has 160 valence electrons. The maximum absolute atomic E-state index is 14.6. The van der Waals surface area contributed by atoms with E-state index in [4.69, 9.17) is 9.47 Å². The molecule has 3 aromatic rings. The van der Waals surface area contributed by atoms with Crippen molar-refractivity contribution in [3.05, 3.63) is 89.2 Å². The number of anilines is 2. The number of rotatable bonds is 6. The lowest BCUT2D eigenvalue weighted by atomic mass is 10.1. The summed E-state index contributed by atoms with van der Waals surface area (Å²) in [4.78, 5) is 14.6. The number of hydrogen-bond acceptors (Lipinski definition) is 4. The predicted octanol–water partition coefficient (Wildman–Crippen LogP) is 4.80. The molecule has 0 spiro atoms. The number of nitrogens with one attached hydrogen (secondary N) is 1. The fourth-order valence-corrected chi connectivity index (χ4v) is 3.54. The molecule has 0 aliphatic carbocycles. The van der Waals surface area contributed by atoms with E-state index in [2.05, 4.69) is 11.4 Å². The first-order chi connectivity index (χ1) is 15.1. The van der Waals surface area contributed by atoms with Gasteiger partial charge in [0.15, 0.2) is 0 Å². The predicted molar refractivity (Wildman–Crippen MR) is 119 cm³/mol. The van der Waals surface area contributed by atoms with E-state index in [1.165, 1.54) is 11.6 Å². The zero-order valence-corrected chi connectivity index (χ0v) is 17.4. The largest absolute Gasteiger partial charge is 0.489 e. The van der Waals surface area contributed by atoms with Gasteiger partial charge in [-0.3, -0.25) is 4.79 Å². The van der Waals surface area contributed by atoms with Crippen LogP contribution in [-0.4, -0.2) is 32.2 Å². The van der Waals surface area contributed by atoms with Crippen LogP contribution in [0.5, 0.6) is 5.75 Å². The molecule has 31 heavy (non-hydrogen) atoms. The van der Waals surface area contributed by atoms with Gasteiger partial charge in [-0.15, -0.1) is 0 Å². The molecule has 0 radical (unpaired) electrons. The number of benzene rings is 3. The Labute approximate surface area is 181 Å². The van der Waals surface area contributed by atoms with Gasteiger partial charge in [-0.05, 0) is 48.9 Å². The van der Waals surface area contributed by atoms with Gasteiger partial charge in [0.1, 0.15) is 18.2 Å². The molecular formula is C25H25FN2O3. The van der Waals surface area contributed by atoms with Crippen molar-refractivity contribution in [3.8, 4) is 5.75 Å².